The summed E-state index contributed by atoms with van der Waals surface area (Å²) in [4.78, 5) is 22.8. The molecule has 1 aliphatic rings. The Morgan fingerprint density at radius 3 is 2.62 bits per heavy atom. The van der Waals surface area contributed by atoms with Crippen LogP contribution in [0.3, 0.4) is 0 Å². The monoisotopic (exact) mass is 547 g/mol. The summed E-state index contributed by atoms with van der Waals surface area (Å²) in [5.74, 6) is 0.144. The van der Waals surface area contributed by atoms with E-state index in [1.807, 2.05) is 42.2 Å². The van der Waals surface area contributed by atoms with Gasteiger partial charge in [-0.3, -0.25) is 4.79 Å². The Balaban J connectivity index is 1.56. The maximum atomic E-state index is 13.5. The van der Waals surface area contributed by atoms with E-state index in [1.165, 1.54) is 6.07 Å². The van der Waals surface area contributed by atoms with Crippen LogP contribution in [0.5, 0.6) is 0 Å². The van der Waals surface area contributed by atoms with Crippen molar-refractivity contribution in [1.29, 1.82) is 0 Å². The lowest BCUT2D eigenvalue weighted by Crippen LogP contribution is -2.41. The van der Waals surface area contributed by atoms with E-state index in [1.54, 1.807) is 24.4 Å². The number of piperidine rings is 1. The lowest BCUT2D eigenvalue weighted by atomic mass is 9.97. The van der Waals surface area contributed by atoms with Crippen molar-refractivity contribution in [1.82, 2.24) is 20.2 Å². The maximum Gasteiger partial charge on any atom is 0.416 e. The number of anilines is 2. The van der Waals surface area contributed by atoms with Gasteiger partial charge in [-0.25, -0.2) is 9.97 Å². The smallest absolute Gasteiger partial charge is 0.369 e. The number of halogens is 3. The van der Waals surface area contributed by atoms with Crippen LogP contribution in [0.4, 0.5) is 24.9 Å². The fourth-order valence-corrected chi connectivity index (χ4v) is 4.80. The van der Waals surface area contributed by atoms with Gasteiger partial charge in [0.15, 0.2) is 5.82 Å². The highest BCUT2D eigenvalue weighted by molar-refractivity contribution is 5.81. The van der Waals surface area contributed by atoms with Gasteiger partial charge < -0.3 is 16.0 Å². The molecule has 0 radical (unpaired) electrons. The van der Waals surface area contributed by atoms with E-state index in [4.69, 9.17) is 10.7 Å². The van der Waals surface area contributed by atoms with Crippen LogP contribution >= 0.6 is 0 Å². The van der Waals surface area contributed by atoms with Gasteiger partial charge in [-0.05, 0) is 49.6 Å². The first-order valence-corrected chi connectivity index (χ1v) is 12.9. The first kappa shape index (κ1) is 27.0. The standard InChI is InChI=1S/C29H28F3N7O/c1-18(19-7-3-2-4-8-19)35-28-34-13-12-24(36-28)23-16-25(39-14-6-10-21(17-39)27(33)40)37-38-26(23)20-9-5-11-22(15-20)29(30,31)32/h2-5,7-9,11-13,15-16,18,21H,6,10,14,17H2,1H3,(H2,33,40)(H,34,35,36)/t18-,21?/m0/s1. The highest BCUT2D eigenvalue weighted by atomic mass is 19.4. The summed E-state index contributed by atoms with van der Waals surface area (Å²) < 4.78 is 40.6. The summed E-state index contributed by atoms with van der Waals surface area (Å²) in [7, 11) is 0. The predicted molar refractivity (Wildman–Crippen MR) is 146 cm³/mol. The number of amides is 1. The third kappa shape index (κ3) is 6.03. The Morgan fingerprint density at radius 1 is 1.07 bits per heavy atom. The molecule has 40 heavy (non-hydrogen) atoms. The summed E-state index contributed by atoms with van der Waals surface area (Å²) in [5, 5.41) is 12.0. The number of carbonyl (C=O) groups excluding carboxylic acids is 1. The van der Waals surface area contributed by atoms with Crippen molar-refractivity contribution >= 4 is 17.7 Å². The number of hydrogen-bond acceptors (Lipinski definition) is 7. The number of alkyl halides is 3. The molecule has 8 nitrogen and oxygen atoms in total. The molecule has 1 aliphatic heterocycles. The van der Waals surface area contributed by atoms with Crippen LogP contribution in [0.1, 0.15) is 36.9 Å². The summed E-state index contributed by atoms with van der Waals surface area (Å²) in [6, 6.07) is 18.1. The number of nitrogens with two attached hydrogens (primary N) is 1. The molecule has 3 N–H and O–H groups in total. The summed E-state index contributed by atoms with van der Waals surface area (Å²) in [6.45, 7) is 3.01. The molecule has 11 heteroatoms. The molecule has 2 atom stereocenters. The molecular weight excluding hydrogens is 519 g/mol. The Labute approximate surface area is 229 Å². The van der Waals surface area contributed by atoms with E-state index in [2.05, 4.69) is 20.5 Å². The number of rotatable bonds is 7. The summed E-state index contributed by atoms with van der Waals surface area (Å²) in [5.41, 5.74) is 7.27. The molecule has 0 bridgehead atoms. The Morgan fingerprint density at radius 2 is 1.88 bits per heavy atom. The molecule has 0 spiro atoms. The average Bonchev–Trinajstić information content (AvgIpc) is 2.97. The van der Waals surface area contributed by atoms with Crippen LogP contribution in [-0.2, 0) is 11.0 Å². The third-order valence-corrected chi connectivity index (χ3v) is 6.97. The normalized spacial score (nSPS) is 16.4. The number of aromatic nitrogens is 4. The van der Waals surface area contributed by atoms with E-state index in [0.717, 1.165) is 24.1 Å². The third-order valence-electron chi connectivity index (χ3n) is 6.97. The second kappa shape index (κ2) is 11.3. The quantitative estimate of drug-likeness (QED) is 0.315. The van der Waals surface area contributed by atoms with Crippen molar-refractivity contribution < 1.29 is 18.0 Å². The molecular formula is C29H28F3N7O. The summed E-state index contributed by atoms with van der Waals surface area (Å²) in [6.07, 6.45) is -1.49. The van der Waals surface area contributed by atoms with Gasteiger partial charge in [0.25, 0.3) is 0 Å². The molecule has 0 aliphatic carbocycles. The molecule has 206 valence electrons. The van der Waals surface area contributed by atoms with Crippen molar-refractivity contribution in [3.05, 3.63) is 84.1 Å². The molecule has 2 aromatic carbocycles. The van der Waals surface area contributed by atoms with Gasteiger partial charge in [0.2, 0.25) is 11.9 Å². The van der Waals surface area contributed by atoms with E-state index in [-0.39, 0.29) is 29.1 Å². The van der Waals surface area contributed by atoms with Crippen molar-refractivity contribution in [3.63, 3.8) is 0 Å². The molecule has 1 saturated heterocycles. The Hall–Kier alpha value is -4.54. The number of hydrogen-bond donors (Lipinski definition) is 2. The van der Waals surface area contributed by atoms with Crippen LogP contribution in [0, 0.1) is 5.92 Å². The lowest BCUT2D eigenvalue weighted by molar-refractivity contribution is -0.137. The first-order chi connectivity index (χ1) is 19.2. The molecule has 1 unspecified atom stereocenters. The minimum atomic E-state index is -4.51. The topological polar surface area (TPSA) is 110 Å². The number of nitrogens with zero attached hydrogens (tertiary/aromatic N) is 5. The van der Waals surface area contributed by atoms with Gasteiger partial charge in [0.05, 0.1) is 23.2 Å². The van der Waals surface area contributed by atoms with Crippen molar-refractivity contribution in [2.24, 2.45) is 11.7 Å². The van der Waals surface area contributed by atoms with Gasteiger partial charge in [-0.15, -0.1) is 10.2 Å². The Bertz CT molecular complexity index is 1500. The van der Waals surface area contributed by atoms with Gasteiger partial charge in [-0.1, -0.05) is 42.5 Å². The second-order valence-electron chi connectivity index (χ2n) is 9.77. The van der Waals surface area contributed by atoms with Crippen LogP contribution in [0.15, 0.2) is 72.9 Å². The fourth-order valence-electron chi connectivity index (χ4n) is 4.80. The van der Waals surface area contributed by atoms with Gasteiger partial charge in [0.1, 0.15) is 5.69 Å². The van der Waals surface area contributed by atoms with Crippen LogP contribution in [0.25, 0.3) is 22.5 Å². The summed E-state index contributed by atoms with van der Waals surface area (Å²) >= 11 is 0. The molecule has 1 amide bonds. The van der Waals surface area contributed by atoms with Gasteiger partial charge in [-0.2, -0.15) is 13.2 Å². The zero-order valence-corrected chi connectivity index (χ0v) is 21.8. The van der Waals surface area contributed by atoms with Crippen LogP contribution in [-0.4, -0.2) is 39.2 Å². The molecule has 3 heterocycles. The highest BCUT2D eigenvalue weighted by Gasteiger charge is 2.31. The number of nitrogens with one attached hydrogen (secondary N) is 1. The zero-order valence-electron chi connectivity index (χ0n) is 21.8. The number of primary amides is 1. The predicted octanol–water partition coefficient (Wildman–Crippen LogP) is 5.49. The van der Waals surface area contributed by atoms with Crippen LogP contribution in [0.2, 0.25) is 0 Å². The second-order valence-corrected chi connectivity index (χ2v) is 9.77. The maximum absolute atomic E-state index is 13.5. The van der Waals surface area contributed by atoms with Crippen LogP contribution < -0.4 is 16.0 Å². The first-order valence-electron chi connectivity index (χ1n) is 12.9. The number of benzene rings is 2. The van der Waals surface area contributed by atoms with Crippen molar-refractivity contribution in [2.45, 2.75) is 32.0 Å². The SMILES string of the molecule is C[C@H](Nc1nccc(-c2cc(N3CCCC(C(N)=O)C3)nnc2-c2cccc(C(F)(F)F)c2)n1)c1ccccc1. The van der Waals surface area contributed by atoms with E-state index in [0.29, 0.717) is 42.5 Å². The van der Waals surface area contributed by atoms with E-state index >= 15 is 0 Å². The largest absolute Gasteiger partial charge is 0.416 e. The average molecular weight is 548 g/mol. The molecule has 0 saturated carbocycles. The minimum absolute atomic E-state index is 0.0930. The van der Waals surface area contributed by atoms with Crippen molar-refractivity contribution in [3.8, 4) is 22.5 Å². The Kier molecular flexibility index (Phi) is 7.63. The van der Waals surface area contributed by atoms with E-state index in [9.17, 15) is 18.0 Å². The fraction of sp³-hybridized carbons (Fsp3) is 0.276. The minimum Gasteiger partial charge on any atom is -0.369 e. The van der Waals surface area contributed by atoms with Gasteiger partial charge >= 0.3 is 6.18 Å². The van der Waals surface area contributed by atoms with Crippen molar-refractivity contribution in [2.75, 3.05) is 23.3 Å². The molecule has 2 aromatic heterocycles. The molecule has 5 rings (SSSR count). The molecule has 4 aromatic rings. The number of carbonyl (C=O) groups is 1. The molecule has 1 fully saturated rings. The highest BCUT2D eigenvalue weighted by Crippen LogP contribution is 2.36. The van der Waals surface area contributed by atoms with E-state index < -0.39 is 11.7 Å². The lowest BCUT2D eigenvalue weighted by Gasteiger charge is -2.32. The van der Waals surface area contributed by atoms with Gasteiger partial charge in [0, 0.05) is 30.4 Å². The zero-order chi connectivity index (χ0) is 28.3.